The summed E-state index contributed by atoms with van der Waals surface area (Å²) in [6.07, 6.45) is 2.67. The Morgan fingerprint density at radius 2 is 2.07 bits per heavy atom. The molecular weight excluding hydrogens is 348 g/mol. The van der Waals surface area contributed by atoms with E-state index >= 15 is 0 Å². The summed E-state index contributed by atoms with van der Waals surface area (Å²) in [5, 5.41) is 6.81. The maximum absolute atomic E-state index is 12.4. The molecule has 0 aliphatic carbocycles. The van der Waals surface area contributed by atoms with Crippen LogP contribution in [0.1, 0.15) is 41.9 Å². The highest BCUT2D eigenvalue weighted by molar-refractivity contribution is 5.93. The van der Waals surface area contributed by atoms with Crippen molar-refractivity contribution < 1.29 is 9.53 Å². The van der Waals surface area contributed by atoms with Crippen LogP contribution in [0, 0.1) is 0 Å². The smallest absolute Gasteiger partial charge is 0.263 e. The lowest BCUT2D eigenvalue weighted by molar-refractivity contribution is 0.0935. The summed E-state index contributed by atoms with van der Waals surface area (Å²) in [6, 6.07) is 8.77. The zero-order chi connectivity index (χ0) is 19.2. The molecular formula is C18H20N6O3. The summed E-state index contributed by atoms with van der Waals surface area (Å²) in [5.74, 6) is 1.08. The number of benzene rings is 1. The highest BCUT2D eigenvalue weighted by Gasteiger charge is 2.18. The number of nitrogens with zero attached hydrogens (tertiary/aromatic N) is 4. The summed E-state index contributed by atoms with van der Waals surface area (Å²) in [5.41, 5.74) is -0.605. The van der Waals surface area contributed by atoms with Crippen LogP contribution >= 0.6 is 0 Å². The Balaban J connectivity index is 1.66. The van der Waals surface area contributed by atoms with Gasteiger partial charge in [0.2, 0.25) is 0 Å². The van der Waals surface area contributed by atoms with Gasteiger partial charge in [-0.05, 0) is 26.0 Å². The van der Waals surface area contributed by atoms with E-state index in [0.717, 1.165) is 0 Å². The van der Waals surface area contributed by atoms with Gasteiger partial charge in [0, 0.05) is 12.7 Å². The van der Waals surface area contributed by atoms with E-state index in [1.165, 1.54) is 12.5 Å². The fraction of sp³-hybridized carbons (Fsp3) is 0.278. The highest BCUT2D eigenvalue weighted by atomic mass is 16.5. The van der Waals surface area contributed by atoms with E-state index < -0.39 is 17.5 Å². The molecule has 1 amide bonds. The Morgan fingerprint density at radius 1 is 1.30 bits per heavy atom. The summed E-state index contributed by atoms with van der Waals surface area (Å²) < 4.78 is 7.21. The summed E-state index contributed by atoms with van der Waals surface area (Å²) in [7, 11) is 0. The van der Waals surface area contributed by atoms with Crippen molar-refractivity contribution in [3.05, 3.63) is 70.4 Å². The quantitative estimate of drug-likeness (QED) is 0.652. The number of carbonyl (C=O) groups is 1. The van der Waals surface area contributed by atoms with Crippen LogP contribution in [-0.4, -0.2) is 30.6 Å². The number of para-hydroxylation sites is 1. The molecule has 0 fully saturated rings. The van der Waals surface area contributed by atoms with Crippen molar-refractivity contribution in [1.82, 2.24) is 30.0 Å². The van der Waals surface area contributed by atoms with Crippen LogP contribution in [0.2, 0.25) is 0 Å². The Hall–Kier alpha value is -3.49. The molecule has 1 atom stereocenters. The highest BCUT2D eigenvalue weighted by Crippen LogP contribution is 2.10. The van der Waals surface area contributed by atoms with Crippen molar-refractivity contribution in [3.8, 4) is 5.75 Å². The number of amides is 1. The number of carbonyl (C=O) groups excluding carboxylic acids is 1. The standard InChI is InChI=1S/C18H20N6O3/c1-3-24-16(20-11-21-24)12(2)22-17(25)14-9-19-15(23-18(14)26)10-27-13-7-5-4-6-8-13/h4-9,11-12H,3,10H2,1-2H3,(H,22,25)(H,19,23,26)/t12-/m0/s1. The number of hydrogen-bond acceptors (Lipinski definition) is 6. The Kier molecular flexibility index (Phi) is 5.60. The lowest BCUT2D eigenvalue weighted by Crippen LogP contribution is -2.33. The Morgan fingerprint density at radius 3 is 2.78 bits per heavy atom. The fourth-order valence-electron chi connectivity index (χ4n) is 2.53. The number of hydrogen-bond donors (Lipinski definition) is 2. The van der Waals surface area contributed by atoms with Crippen molar-refractivity contribution in [2.24, 2.45) is 0 Å². The molecule has 0 aliphatic heterocycles. The number of aromatic nitrogens is 5. The predicted octanol–water partition coefficient (Wildman–Crippen LogP) is 1.45. The largest absolute Gasteiger partial charge is 0.486 e. The molecule has 0 spiro atoms. The van der Waals surface area contributed by atoms with Crippen molar-refractivity contribution >= 4 is 5.91 Å². The van der Waals surface area contributed by atoms with Crippen molar-refractivity contribution in [2.75, 3.05) is 0 Å². The average Bonchev–Trinajstić information content (AvgIpc) is 3.16. The topological polar surface area (TPSA) is 115 Å². The second-order valence-corrected chi connectivity index (χ2v) is 5.80. The third-order valence-corrected chi connectivity index (χ3v) is 3.90. The predicted molar refractivity (Wildman–Crippen MR) is 97.2 cm³/mol. The summed E-state index contributed by atoms with van der Waals surface area (Å²) in [6.45, 7) is 4.43. The van der Waals surface area contributed by atoms with Gasteiger partial charge >= 0.3 is 0 Å². The third-order valence-electron chi connectivity index (χ3n) is 3.90. The van der Waals surface area contributed by atoms with Gasteiger partial charge in [-0.3, -0.25) is 9.59 Å². The average molecular weight is 368 g/mol. The van der Waals surface area contributed by atoms with Gasteiger partial charge < -0.3 is 15.0 Å². The normalized spacial score (nSPS) is 11.8. The first-order valence-corrected chi connectivity index (χ1v) is 8.53. The first kappa shape index (κ1) is 18.3. The summed E-state index contributed by atoms with van der Waals surface area (Å²) >= 11 is 0. The minimum absolute atomic E-state index is 0.0760. The Bertz CT molecular complexity index is 966. The molecule has 0 bridgehead atoms. The lowest BCUT2D eigenvalue weighted by atomic mass is 10.2. The number of H-pyrrole nitrogens is 1. The molecule has 0 saturated carbocycles. The van der Waals surface area contributed by atoms with E-state index in [9.17, 15) is 9.59 Å². The summed E-state index contributed by atoms with van der Waals surface area (Å²) in [4.78, 5) is 35.5. The molecule has 0 unspecified atom stereocenters. The molecule has 0 aliphatic rings. The molecule has 2 aromatic heterocycles. The molecule has 0 radical (unpaired) electrons. The van der Waals surface area contributed by atoms with Crippen LogP contribution in [0.25, 0.3) is 0 Å². The van der Waals surface area contributed by atoms with Gasteiger partial charge in [-0.25, -0.2) is 14.6 Å². The zero-order valence-corrected chi connectivity index (χ0v) is 15.0. The van der Waals surface area contributed by atoms with Crippen molar-refractivity contribution in [2.45, 2.75) is 33.0 Å². The van der Waals surface area contributed by atoms with Gasteiger partial charge in [-0.15, -0.1) is 0 Å². The van der Waals surface area contributed by atoms with E-state index in [0.29, 0.717) is 23.9 Å². The maximum Gasteiger partial charge on any atom is 0.263 e. The minimum Gasteiger partial charge on any atom is -0.486 e. The van der Waals surface area contributed by atoms with Gasteiger partial charge in [-0.2, -0.15) is 5.10 Å². The second kappa shape index (κ2) is 8.26. The van der Waals surface area contributed by atoms with Gasteiger partial charge in [0.1, 0.15) is 35.9 Å². The van der Waals surface area contributed by atoms with Crippen LogP contribution in [0.15, 0.2) is 47.7 Å². The molecule has 3 rings (SSSR count). The van der Waals surface area contributed by atoms with Gasteiger partial charge in [-0.1, -0.05) is 18.2 Å². The van der Waals surface area contributed by atoms with Crippen molar-refractivity contribution in [1.29, 1.82) is 0 Å². The van der Waals surface area contributed by atoms with E-state index in [1.54, 1.807) is 23.7 Å². The zero-order valence-electron chi connectivity index (χ0n) is 15.0. The fourth-order valence-corrected chi connectivity index (χ4v) is 2.53. The van der Waals surface area contributed by atoms with Crippen LogP contribution in [0.3, 0.4) is 0 Å². The number of rotatable bonds is 7. The first-order chi connectivity index (χ1) is 13.1. The van der Waals surface area contributed by atoms with E-state index in [1.807, 2.05) is 25.1 Å². The van der Waals surface area contributed by atoms with E-state index in [4.69, 9.17) is 4.74 Å². The van der Waals surface area contributed by atoms with Gasteiger partial charge in [0.05, 0.1) is 6.04 Å². The second-order valence-electron chi connectivity index (χ2n) is 5.80. The molecule has 2 heterocycles. The number of aromatic amines is 1. The molecule has 9 heteroatoms. The monoisotopic (exact) mass is 368 g/mol. The molecule has 9 nitrogen and oxygen atoms in total. The number of aryl methyl sites for hydroxylation is 1. The van der Waals surface area contributed by atoms with Crippen LogP contribution < -0.4 is 15.6 Å². The van der Waals surface area contributed by atoms with Crippen LogP contribution in [0.5, 0.6) is 5.75 Å². The van der Waals surface area contributed by atoms with Crippen LogP contribution in [0.4, 0.5) is 0 Å². The minimum atomic E-state index is -0.530. The van der Waals surface area contributed by atoms with Crippen molar-refractivity contribution in [3.63, 3.8) is 0 Å². The molecule has 2 N–H and O–H groups in total. The Labute approximate surface area is 155 Å². The molecule has 3 aromatic rings. The van der Waals surface area contributed by atoms with E-state index in [-0.39, 0.29) is 12.2 Å². The van der Waals surface area contributed by atoms with Crippen LogP contribution in [-0.2, 0) is 13.2 Å². The molecule has 27 heavy (non-hydrogen) atoms. The lowest BCUT2D eigenvalue weighted by Gasteiger charge is -2.13. The maximum atomic E-state index is 12.4. The molecule has 140 valence electrons. The third kappa shape index (κ3) is 4.38. The number of ether oxygens (including phenoxy) is 1. The number of nitrogens with one attached hydrogen (secondary N) is 2. The SMILES string of the molecule is CCn1ncnc1[C@H](C)NC(=O)c1cnc(COc2ccccc2)[nH]c1=O. The van der Waals surface area contributed by atoms with E-state index in [2.05, 4.69) is 25.4 Å². The molecule has 0 saturated heterocycles. The van der Waals surface area contributed by atoms with Gasteiger partial charge in [0.15, 0.2) is 0 Å². The first-order valence-electron chi connectivity index (χ1n) is 8.53. The van der Waals surface area contributed by atoms with Gasteiger partial charge in [0.25, 0.3) is 11.5 Å². The molecule has 1 aromatic carbocycles.